The van der Waals surface area contributed by atoms with E-state index in [0.29, 0.717) is 29.4 Å². The third kappa shape index (κ3) is 4.26. The number of nitrogens with zero attached hydrogens (tertiary/aromatic N) is 4. The minimum absolute atomic E-state index is 0.0233. The van der Waals surface area contributed by atoms with Gasteiger partial charge >= 0.3 is 0 Å². The second kappa shape index (κ2) is 8.28. The average Bonchev–Trinajstić information content (AvgIpc) is 3.32. The first-order valence-corrected chi connectivity index (χ1v) is 11.7. The molecule has 6 rings (SSSR count). The smallest absolute Gasteiger partial charge is 0.262 e. The highest BCUT2D eigenvalue weighted by Gasteiger charge is 2.28. The lowest BCUT2D eigenvalue weighted by Gasteiger charge is -2.38. The Kier molecular flexibility index (Phi) is 5.07. The number of rotatable bonds is 4. The van der Waals surface area contributed by atoms with Gasteiger partial charge in [-0.05, 0) is 62.2 Å². The molecule has 9 heteroatoms. The highest BCUT2D eigenvalue weighted by atomic mass is 16.5. The fraction of sp³-hybridized carbons (Fsp3) is 0.269. The van der Waals surface area contributed by atoms with Gasteiger partial charge in [-0.25, -0.2) is 9.97 Å². The Morgan fingerprint density at radius 1 is 1.20 bits per heavy atom. The molecule has 3 N–H and O–H groups in total. The van der Waals surface area contributed by atoms with E-state index in [1.807, 2.05) is 54.0 Å². The third-order valence-corrected chi connectivity index (χ3v) is 6.45. The second-order valence-electron chi connectivity index (χ2n) is 9.37. The molecule has 35 heavy (non-hydrogen) atoms. The molecular weight excluding hydrogens is 444 g/mol. The molecule has 0 unspecified atom stereocenters. The summed E-state index contributed by atoms with van der Waals surface area (Å²) < 4.78 is 7.39. The molecule has 1 atom stereocenters. The maximum Gasteiger partial charge on any atom is 0.262 e. The van der Waals surface area contributed by atoms with Gasteiger partial charge in [-0.1, -0.05) is 0 Å². The van der Waals surface area contributed by atoms with Crippen LogP contribution in [0.5, 0.6) is 5.75 Å². The zero-order chi connectivity index (χ0) is 24.0. The Morgan fingerprint density at radius 3 is 2.89 bits per heavy atom. The topological polar surface area (TPSA) is 104 Å². The Bertz CT molecular complexity index is 1410. The van der Waals surface area contributed by atoms with Gasteiger partial charge in [0.05, 0.1) is 17.0 Å². The molecule has 9 nitrogen and oxygen atoms in total. The van der Waals surface area contributed by atoms with E-state index in [9.17, 15) is 9.90 Å². The van der Waals surface area contributed by atoms with E-state index in [1.165, 1.54) is 0 Å². The van der Waals surface area contributed by atoms with Gasteiger partial charge in [0.25, 0.3) is 5.91 Å². The van der Waals surface area contributed by atoms with E-state index in [4.69, 9.17) is 9.72 Å². The van der Waals surface area contributed by atoms with E-state index in [-0.39, 0.29) is 12.5 Å². The van der Waals surface area contributed by atoms with Crippen LogP contribution in [-0.4, -0.2) is 50.7 Å². The number of hydrogen-bond acceptors (Lipinski definition) is 7. The molecule has 1 saturated heterocycles. The fourth-order valence-corrected chi connectivity index (χ4v) is 4.73. The van der Waals surface area contributed by atoms with Crippen molar-refractivity contribution in [1.29, 1.82) is 0 Å². The molecule has 0 spiro atoms. The van der Waals surface area contributed by atoms with Crippen molar-refractivity contribution in [2.24, 2.45) is 0 Å². The lowest BCUT2D eigenvalue weighted by molar-refractivity contribution is -0.118. The van der Waals surface area contributed by atoms with Gasteiger partial charge < -0.3 is 29.8 Å². The highest BCUT2D eigenvalue weighted by Crippen LogP contribution is 2.33. The predicted octanol–water partition coefficient (Wildman–Crippen LogP) is 3.82. The molecule has 0 bridgehead atoms. The van der Waals surface area contributed by atoms with Crippen molar-refractivity contribution in [3.8, 4) is 17.0 Å². The van der Waals surface area contributed by atoms with Crippen molar-refractivity contribution in [2.75, 3.05) is 35.2 Å². The van der Waals surface area contributed by atoms with Crippen molar-refractivity contribution in [3.05, 3.63) is 61.1 Å². The highest BCUT2D eigenvalue weighted by molar-refractivity contribution is 5.96. The average molecular weight is 471 g/mol. The second-order valence-corrected chi connectivity index (χ2v) is 9.37. The first-order valence-electron chi connectivity index (χ1n) is 11.7. The van der Waals surface area contributed by atoms with Crippen molar-refractivity contribution < 1.29 is 14.6 Å². The van der Waals surface area contributed by atoms with Crippen molar-refractivity contribution in [1.82, 2.24) is 14.4 Å². The van der Waals surface area contributed by atoms with Crippen LogP contribution in [0.4, 0.5) is 22.9 Å². The van der Waals surface area contributed by atoms with E-state index in [1.54, 1.807) is 6.20 Å². The first-order chi connectivity index (χ1) is 16.9. The van der Waals surface area contributed by atoms with Gasteiger partial charge in [0.2, 0.25) is 0 Å². The number of aromatic nitrogens is 3. The molecule has 4 aromatic rings. The molecule has 4 heterocycles. The van der Waals surface area contributed by atoms with Gasteiger partial charge in [0, 0.05) is 48.6 Å². The third-order valence-electron chi connectivity index (χ3n) is 6.45. The molecule has 2 aliphatic rings. The number of fused-ring (bicyclic) bond motifs is 2. The van der Waals surface area contributed by atoms with Crippen LogP contribution >= 0.6 is 0 Å². The van der Waals surface area contributed by atoms with Crippen LogP contribution in [0.15, 0.2) is 61.1 Å². The van der Waals surface area contributed by atoms with Gasteiger partial charge in [-0.15, -0.1) is 0 Å². The maximum atomic E-state index is 11.7. The normalized spacial score (nSPS) is 19.7. The summed E-state index contributed by atoms with van der Waals surface area (Å²) in [6.45, 7) is 3.49. The SMILES string of the molecule is C[C@@]1(O)CCCN(c2ccc(Nc3nc(-c4ccc5c(c4)NC(=O)CO5)cn4ccnc34)cc2)C1. The molecule has 2 aromatic carbocycles. The number of carbonyl (C=O) groups excluding carboxylic acids is 1. The van der Waals surface area contributed by atoms with Crippen molar-refractivity contribution in [2.45, 2.75) is 25.4 Å². The van der Waals surface area contributed by atoms with E-state index < -0.39 is 5.60 Å². The molecular formula is C26H26N6O3. The molecule has 0 aliphatic carbocycles. The van der Waals surface area contributed by atoms with Crippen LogP contribution < -0.4 is 20.3 Å². The van der Waals surface area contributed by atoms with Gasteiger partial charge in [0.1, 0.15) is 5.75 Å². The predicted molar refractivity (Wildman–Crippen MR) is 134 cm³/mol. The fourth-order valence-electron chi connectivity index (χ4n) is 4.73. The number of β-amino-alcohol motifs (C(OH)–C–C–N with tert-alkyl or cyclic N) is 1. The Hall–Kier alpha value is -4.11. The number of hydrogen-bond donors (Lipinski definition) is 3. The lowest BCUT2D eigenvalue weighted by Crippen LogP contribution is -2.46. The zero-order valence-corrected chi connectivity index (χ0v) is 19.4. The summed E-state index contributed by atoms with van der Waals surface area (Å²) >= 11 is 0. The molecule has 2 aromatic heterocycles. The number of imidazole rings is 1. The summed E-state index contributed by atoms with van der Waals surface area (Å²) in [6.07, 6.45) is 7.32. The van der Waals surface area contributed by atoms with Crippen LogP contribution in [0, 0.1) is 0 Å². The number of amides is 1. The number of nitrogens with one attached hydrogen (secondary N) is 2. The van der Waals surface area contributed by atoms with Crippen molar-refractivity contribution >= 4 is 34.4 Å². The van der Waals surface area contributed by atoms with Gasteiger partial charge in [-0.2, -0.15) is 0 Å². The van der Waals surface area contributed by atoms with E-state index in [2.05, 4.69) is 32.7 Å². The maximum absolute atomic E-state index is 11.7. The number of aliphatic hydroxyl groups is 1. The van der Waals surface area contributed by atoms with Crippen LogP contribution in [0.25, 0.3) is 16.9 Å². The number of ether oxygens (including phenoxy) is 1. The number of carbonyl (C=O) groups is 1. The van der Waals surface area contributed by atoms with Crippen LogP contribution in [0.3, 0.4) is 0 Å². The van der Waals surface area contributed by atoms with E-state index >= 15 is 0 Å². The summed E-state index contributed by atoms with van der Waals surface area (Å²) in [5.41, 5.74) is 4.23. The Morgan fingerprint density at radius 2 is 2.06 bits per heavy atom. The zero-order valence-electron chi connectivity index (χ0n) is 19.4. The number of benzene rings is 2. The van der Waals surface area contributed by atoms with Crippen LogP contribution in [0.2, 0.25) is 0 Å². The van der Waals surface area contributed by atoms with Gasteiger partial charge in [0.15, 0.2) is 18.1 Å². The van der Waals surface area contributed by atoms with Crippen molar-refractivity contribution in [3.63, 3.8) is 0 Å². The summed E-state index contributed by atoms with van der Waals surface area (Å²) in [4.78, 5) is 23.3. The number of anilines is 4. The van der Waals surface area contributed by atoms with Crippen LogP contribution in [-0.2, 0) is 4.79 Å². The van der Waals surface area contributed by atoms with Gasteiger partial charge in [-0.3, -0.25) is 4.79 Å². The quantitative estimate of drug-likeness (QED) is 0.417. The number of piperidine rings is 1. The monoisotopic (exact) mass is 470 g/mol. The summed E-state index contributed by atoms with van der Waals surface area (Å²) in [5, 5.41) is 16.7. The minimum atomic E-state index is -0.655. The Balaban J connectivity index is 1.29. The summed E-state index contributed by atoms with van der Waals surface area (Å²) in [5.74, 6) is 1.09. The molecule has 0 radical (unpaired) electrons. The lowest BCUT2D eigenvalue weighted by atomic mass is 9.95. The minimum Gasteiger partial charge on any atom is -0.482 e. The summed E-state index contributed by atoms with van der Waals surface area (Å²) in [6, 6.07) is 13.8. The standard InChI is InChI=1S/C26H26N6O3/c1-26(34)9-2-11-32(16-26)19-6-4-18(5-7-19)28-24-25-27-10-12-31(25)14-21(30-24)17-3-8-22-20(13-17)29-23(33)15-35-22/h3-8,10,12-14,34H,2,9,11,15-16H2,1H3,(H,28,30)(H,29,33)/t26-/m1/s1. The first kappa shape index (κ1) is 21.4. The molecule has 178 valence electrons. The summed E-state index contributed by atoms with van der Waals surface area (Å²) in [7, 11) is 0. The molecule has 0 saturated carbocycles. The molecule has 2 aliphatic heterocycles. The van der Waals surface area contributed by atoms with E-state index in [0.717, 1.165) is 42.0 Å². The largest absolute Gasteiger partial charge is 0.482 e. The molecule has 1 fully saturated rings. The molecule has 1 amide bonds. The Labute approximate surface area is 202 Å². The van der Waals surface area contributed by atoms with Crippen LogP contribution in [0.1, 0.15) is 19.8 Å².